The van der Waals surface area contributed by atoms with Gasteiger partial charge in [-0.25, -0.2) is 4.99 Å². The van der Waals surface area contributed by atoms with Crippen molar-refractivity contribution >= 4 is 17.6 Å². The molecule has 0 saturated heterocycles. The van der Waals surface area contributed by atoms with Gasteiger partial charge in [-0.15, -0.1) is 0 Å². The van der Waals surface area contributed by atoms with Crippen LogP contribution in [0.3, 0.4) is 0 Å². The van der Waals surface area contributed by atoms with E-state index >= 15 is 0 Å². The molecule has 0 aliphatic rings. The van der Waals surface area contributed by atoms with Gasteiger partial charge in [0.2, 0.25) is 0 Å². The van der Waals surface area contributed by atoms with Crippen molar-refractivity contribution in [3.8, 4) is 17.2 Å². The number of nitrogens with zero attached hydrogens (tertiary/aromatic N) is 2. The molecular formula is C23H32N4O4. The van der Waals surface area contributed by atoms with E-state index in [1.54, 1.807) is 21.2 Å². The monoisotopic (exact) mass is 428 g/mol. The predicted molar refractivity (Wildman–Crippen MR) is 123 cm³/mol. The van der Waals surface area contributed by atoms with Gasteiger partial charge in [-0.1, -0.05) is 12.1 Å². The third-order valence-corrected chi connectivity index (χ3v) is 4.25. The van der Waals surface area contributed by atoms with Crippen LogP contribution < -0.4 is 24.8 Å². The number of carbonyl (C=O) groups excluding carboxylic acids is 1. The predicted octanol–water partition coefficient (Wildman–Crippen LogP) is 3.14. The molecule has 0 bridgehead atoms. The average Bonchev–Trinajstić information content (AvgIpc) is 2.77. The van der Waals surface area contributed by atoms with Crippen LogP contribution in [0, 0.1) is 0 Å². The Bertz CT molecular complexity index is 884. The van der Waals surface area contributed by atoms with E-state index in [4.69, 9.17) is 14.2 Å². The Hall–Kier alpha value is -3.42. The number of guanidine groups is 1. The van der Waals surface area contributed by atoms with E-state index in [1.165, 1.54) is 4.90 Å². The molecule has 0 atom stereocenters. The van der Waals surface area contributed by atoms with E-state index < -0.39 is 0 Å². The van der Waals surface area contributed by atoms with Crippen LogP contribution in [0.25, 0.3) is 0 Å². The Balaban J connectivity index is 2.07. The van der Waals surface area contributed by atoms with Crippen LogP contribution >= 0.6 is 0 Å². The summed E-state index contributed by atoms with van der Waals surface area (Å²) < 4.78 is 16.6. The molecule has 168 valence electrons. The van der Waals surface area contributed by atoms with Gasteiger partial charge in [-0.05, 0) is 43.7 Å². The molecule has 2 N–H and O–H groups in total. The lowest BCUT2D eigenvalue weighted by Crippen LogP contribution is -2.30. The van der Waals surface area contributed by atoms with Gasteiger partial charge in [-0.2, -0.15) is 0 Å². The summed E-state index contributed by atoms with van der Waals surface area (Å²) in [5, 5.41) is 6.51. The van der Waals surface area contributed by atoms with E-state index in [9.17, 15) is 4.79 Å². The van der Waals surface area contributed by atoms with Crippen molar-refractivity contribution in [3.63, 3.8) is 0 Å². The molecule has 0 heterocycles. The molecule has 0 unspecified atom stereocenters. The number of amides is 1. The zero-order chi connectivity index (χ0) is 22.6. The Morgan fingerprint density at radius 3 is 2.55 bits per heavy atom. The Morgan fingerprint density at radius 2 is 1.87 bits per heavy atom. The van der Waals surface area contributed by atoms with Crippen molar-refractivity contribution in [2.75, 3.05) is 46.3 Å². The first-order valence-corrected chi connectivity index (χ1v) is 10.2. The summed E-state index contributed by atoms with van der Waals surface area (Å²) in [4.78, 5) is 17.9. The van der Waals surface area contributed by atoms with Gasteiger partial charge in [-0.3, -0.25) is 4.79 Å². The quantitative estimate of drug-likeness (QED) is 0.447. The van der Waals surface area contributed by atoms with Crippen molar-refractivity contribution < 1.29 is 19.0 Å². The van der Waals surface area contributed by atoms with Crippen molar-refractivity contribution in [1.29, 1.82) is 0 Å². The van der Waals surface area contributed by atoms with Crippen molar-refractivity contribution in [1.82, 2.24) is 10.2 Å². The lowest BCUT2D eigenvalue weighted by Gasteiger charge is -2.14. The van der Waals surface area contributed by atoms with Crippen LogP contribution in [-0.4, -0.2) is 57.7 Å². The summed E-state index contributed by atoms with van der Waals surface area (Å²) in [6.45, 7) is 5.68. The number of likely N-dealkylation sites (N-methyl/N-ethyl adjacent to an activating group) is 1. The summed E-state index contributed by atoms with van der Waals surface area (Å²) in [7, 11) is 5.01. The van der Waals surface area contributed by atoms with Crippen LogP contribution in [0.4, 0.5) is 5.69 Å². The molecule has 0 aliphatic heterocycles. The van der Waals surface area contributed by atoms with Crippen LogP contribution in [0.1, 0.15) is 19.4 Å². The molecule has 31 heavy (non-hydrogen) atoms. The number of anilines is 1. The van der Waals surface area contributed by atoms with Gasteiger partial charge >= 0.3 is 0 Å². The molecule has 0 aromatic heterocycles. The molecule has 8 heteroatoms. The van der Waals surface area contributed by atoms with Gasteiger partial charge in [0.15, 0.2) is 24.1 Å². The second kappa shape index (κ2) is 12.3. The first-order valence-electron chi connectivity index (χ1n) is 10.2. The molecule has 2 rings (SSSR count). The molecule has 0 aliphatic carbocycles. The Kier molecular flexibility index (Phi) is 9.48. The topological polar surface area (TPSA) is 84.4 Å². The highest BCUT2D eigenvalue weighted by molar-refractivity contribution is 5.93. The van der Waals surface area contributed by atoms with Crippen molar-refractivity contribution in [3.05, 3.63) is 48.0 Å². The zero-order valence-corrected chi connectivity index (χ0v) is 18.9. The number of methoxy groups -OCH3 is 1. The SMILES string of the molecule is CCNC(=NCc1cccc(OCC(=O)N(C)C)c1)Nc1ccc(OCC)c(OC)c1. The molecule has 0 saturated carbocycles. The molecule has 0 fully saturated rings. The maximum atomic E-state index is 11.7. The number of hydrogen-bond donors (Lipinski definition) is 2. The number of benzene rings is 2. The third kappa shape index (κ3) is 7.73. The molecule has 0 radical (unpaired) electrons. The van der Waals surface area contributed by atoms with E-state index in [0.717, 1.165) is 17.8 Å². The van der Waals surface area contributed by atoms with Gasteiger partial charge < -0.3 is 29.7 Å². The first-order chi connectivity index (χ1) is 15.0. The summed E-state index contributed by atoms with van der Waals surface area (Å²) in [5.41, 5.74) is 1.80. The smallest absolute Gasteiger partial charge is 0.259 e. The highest BCUT2D eigenvalue weighted by atomic mass is 16.5. The number of hydrogen-bond acceptors (Lipinski definition) is 5. The highest BCUT2D eigenvalue weighted by Crippen LogP contribution is 2.30. The first kappa shape index (κ1) is 23.9. The highest BCUT2D eigenvalue weighted by Gasteiger charge is 2.08. The van der Waals surface area contributed by atoms with Crippen LogP contribution in [0.5, 0.6) is 17.2 Å². The maximum absolute atomic E-state index is 11.7. The summed E-state index contributed by atoms with van der Waals surface area (Å²) in [6.07, 6.45) is 0. The fourth-order valence-corrected chi connectivity index (χ4v) is 2.64. The molecule has 2 aromatic carbocycles. The lowest BCUT2D eigenvalue weighted by atomic mass is 10.2. The maximum Gasteiger partial charge on any atom is 0.259 e. The average molecular weight is 429 g/mol. The second-order valence-corrected chi connectivity index (χ2v) is 6.84. The van der Waals surface area contributed by atoms with E-state index in [0.29, 0.717) is 36.4 Å². The van der Waals surface area contributed by atoms with Crippen molar-refractivity contribution in [2.24, 2.45) is 4.99 Å². The normalized spacial score (nSPS) is 10.9. The lowest BCUT2D eigenvalue weighted by molar-refractivity contribution is -0.130. The third-order valence-electron chi connectivity index (χ3n) is 4.25. The second-order valence-electron chi connectivity index (χ2n) is 6.84. The molecule has 2 aromatic rings. The minimum Gasteiger partial charge on any atom is -0.493 e. The Morgan fingerprint density at radius 1 is 1.06 bits per heavy atom. The standard InChI is InChI=1S/C23H32N4O4/c1-6-24-23(26-18-11-12-20(30-7-2)21(14-18)29-5)25-15-17-9-8-10-19(13-17)31-16-22(28)27(3)4/h8-14H,6-7,15-16H2,1-5H3,(H2,24,25,26). The van der Waals surface area contributed by atoms with Gasteiger partial charge in [0.05, 0.1) is 20.3 Å². The summed E-state index contributed by atoms with van der Waals surface area (Å²) in [5.74, 6) is 2.54. The number of nitrogens with one attached hydrogen (secondary N) is 2. The number of aliphatic imine (C=N–C) groups is 1. The molecule has 1 amide bonds. The van der Waals surface area contributed by atoms with Crippen LogP contribution in [-0.2, 0) is 11.3 Å². The van der Waals surface area contributed by atoms with Crippen LogP contribution in [0.15, 0.2) is 47.5 Å². The Labute approximate surface area is 184 Å². The molecule has 0 spiro atoms. The number of carbonyl (C=O) groups is 1. The van der Waals surface area contributed by atoms with Gasteiger partial charge in [0.25, 0.3) is 5.91 Å². The van der Waals surface area contributed by atoms with Crippen molar-refractivity contribution in [2.45, 2.75) is 20.4 Å². The minimum absolute atomic E-state index is 0.00346. The van der Waals surface area contributed by atoms with Crippen LogP contribution in [0.2, 0.25) is 0 Å². The number of ether oxygens (including phenoxy) is 3. The fraction of sp³-hybridized carbons (Fsp3) is 0.391. The largest absolute Gasteiger partial charge is 0.493 e. The van der Waals surface area contributed by atoms with E-state index in [1.807, 2.05) is 56.3 Å². The summed E-state index contributed by atoms with van der Waals surface area (Å²) in [6, 6.07) is 13.2. The summed E-state index contributed by atoms with van der Waals surface area (Å²) >= 11 is 0. The van der Waals surface area contributed by atoms with Gasteiger partial charge in [0, 0.05) is 32.4 Å². The molecule has 8 nitrogen and oxygen atoms in total. The minimum atomic E-state index is -0.0900. The van der Waals surface area contributed by atoms with Gasteiger partial charge in [0.1, 0.15) is 5.75 Å². The van der Waals surface area contributed by atoms with E-state index in [2.05, 4.69) is 15.6 Å². The molecular weight excluding hydrogens is 396 g/mol. The zero-order valence-electron chi connectivity index (χ0n) is 18.9. The number of rotatable bonds is 10. The fourth-order valence-electron chi connectivity index (χ4n) is 2.64. The van der Waals surface area contributed by atoms with E-state index in [-0.39, 0.29) is 12.5 Å².